The van der Waals surface area contributed by atoms with Gasteiger partial charge in [-0.05, 0) is 54.2 Å². The van der Waals surface area contributed by atoms with Crippen LogP contribution >= 0.6 is 11.6 Å². The Morgan fingerprint density at radius 3 is 2.45 bits per heavy atom. The van der Waals surface area contributed by atoms with E-state index in [4.69, 9.17) is 25.8 Å². The Morgan fingerprint density at radius 2 is 1.76 bits per heavy atom. The van der Waals surface area contributed by atoms with E-state index in [-0.39, 0.29) is 41.0 Å². The molecule has 1 heterocycles. The van der Waals surface area contributed by atoms with Gasteiger partial charge in [-0.25, -0.2) is 4.79 Å². The van der Waals surface area contributed by atoms with Gasteiger partial charge in [-0.1, -0.05) is 48.0 Å². The van der Waals surface area contributed by atoms with Crippen LogP contribution in [0.1, 0.15) is 48.3 Å². The first-order chi connectivity index (χ1) is 20.2. The highest BCUT2D eigenvalue weighted by molar-refractivity contribution is 6.31. The average molecular weight is 589 g/mol. The Labute approximate surface area is 247 Å². The van der Waals surface area contributed by atoms with Gasteiger partial charge < -0.3 is 19.5 Å². The molecule has 0 amide bonds. The Bertz CT molecular complexity index is 1630. The number of hydrogen-bond donors (Lipinski definition) is 1. The van der Waals surface area contributed by atoms with Crippen LogP contribution in [0.5, 0.6) is 11.5 Å². The number of hydrogen-bond acceptors (Lipinski definition) is 8. The predicted molar refractivity (Wildman–Crippen MR) is 156 cm³/mol. The zero-order chi connectivity index (χ0) is 30.0. The maximum atomic E-state index is 14.0. The second kappa shape index (κ2) is 12.1. The monoisotopic (exact) mass is 588 g/mol. The van der Waals surface area contributed by atoms with Crippen LogP contribution < -0.4 is 14.8 Å². The summed E-state index contributed by atoms with van der Waals surface area (Å²) >= 11 is 6.61. The van der Waals surface area contributed by atoms with Crippen molar-refractivity contribution in [1.82, 2.24) is 5.32 Å². The number of halogens is 1. The molecule has 0 radical (unpaired) electrons. The van der Waals surface area contributed by atoms with Gasteiger partial charge in [0.25, 0.3) is 5.69 Å². The van der Waals surface area contributed by atoms with E-state index in [0.717, 1.165) is 11.1 Å². The third-order valence-electron chi connectivity index (χ3n) is 7.64. The van der Waals surface area contributed by atoms with Gasteiger partial charge in [0.1, 0.15) is 6.61 Å². The molecule has 5 rings (SSSR count). The van der Waals surface area contributed by atoms with E-state index in [1.165, 1.54) is 18.2 Å². The lowest BCUT2D eigenvalue weighted by Gasteiger charge is -2.37. The van der Waals surface area contributed by atoms with Crippen molar-refractivity contribution < 1.29 is 28.7 Å². The molecule has 2 aliphatic rings. The van der Waals surface area contributed by atoms with Crippen LogP contribution in [0, 0.1) is 10.1 Å². The molecule has 0 bridgehead atoms. The summed E-state index contributed by atoms with van der Waals surface area (Å²) in [5, 5.41) is 15.2. The lowest BCUT2D eigenvalue weighted by molar-refractivity contribution is -0.384. The van der Waals surface area contributed by atoms with Crippen LogP contribution in [0.4, 0.5) is 5.69 Å². The zero-order valence-electron chi connectivity index (χ0n) is 23.3. The molecule has 10 heteroatoms. The molecule has 0 spiro atoms. The highest BCUT2D eigenvalue weighted by Gasteiger charge is 2.42. The fraction of sp³-hybridized carbons (Fsp3) is 0.250. The molecule has 1 N–H and O–H groups in total. The Hall–Kier alpha value is -4.63. The Kier molecular flexibility index (Phi) is 8.31. The lowest BCUT2D eigenvalue weighted by Crippen LogP contribution is -2.36. The molecule has 1 aliphatic carbocycles. The molecular weight excluding hydrogens is 560 g/mol. The minimum atomic E-state index is -0.948. The number of methoxy groups -OCH3 is 2. The number of nitrogens with zero attached hydrogens (tertiary/aromatic N) is 1. The quantitative estimate of drug-likeness (QED) is 0.183. The highest BCUT2D eigenvalue weighted by atomic mass is 35.5. The molecule has 1 aliphatic heterocycles. The van der Waals surface area contributed by atoms with E-state index < -0.39 is 16.8 Å². The average Bonchev–Trinajstić information content (AvgIpc) is 2.99. The molecule has 216 valence electrons. The molecule has 0 fully saturated rings. The maximum Gasteiger partial charge on any atom is 0.337 e. The lowest BCUT2D eigenvalue weighted by atomic mass is 9.71. The van der Waals surface area contributed by atoms with Crippen LogP contribution in [-0.4, -0.2) is 30.9 Å². The van der Waals surface area contributed by atoms with E-state index >= 15 is 0 Å². The third kappa shape index (κ3) is 5.60. The van der Waals surface area contributed by atoms with E-state index in [2.05, 4.69) is 5.32 Å². The van der Waals surface area contributed by atoms with Crippen molar-refractivity contribution >= 4 is 29.0 Å². The van der Waals surface area contributed by atoms with Gasteiger partial charge in [-0.3, -0.25) is 14.9 Å². The number of nitrogens with one attached hydrogen (secondary N) is 1. The number of nitro benzene ring substituents is 1. The molecule has 42 heavy (non-hydrogen) atoms. The maximum absolute atomic E-state index is 14.0. The topological polar surface area (TPSA) is 117 Å². The first-order valence-electron chi connectivity index (χ1n) is 13.3. The number of benzene rings is 3. The van der Waals surface area contributed by atoms with Gasteiger partial charge in [0, 0.05) is 46.5 Å². The summed E-state index contributed by atoms with van der Waals surface area (Å²) < 4.78 is 16.5. The molecule has 9 nitrogen and oxygen atoms in total. The van der Waals surface area contributed by atoms with Crippen LogP contribution in [0.25, 0.3) is 0 Å². The first-order valence-corrected chi connectivity index (χ1v) is 13.7. The first kappa shape index (κ1) is 28.9. The second-order valence-corrected chi connectivity index (χ2v) is 10.6. The summed E-state index contributed by atoms with van der Waals surface area (Å²) in [6, 6.07) is 18.8. The van der Waals surface area contributed by atoms with E-state index in [1.807, 2.05) is 42.5 Å². The number of rotatable bonds is 8. The molecule has 2 atom stereocenters. The Balaban J connectivity index is 1.57. The number of esters is 1. The summed E-state index contributed by atoms with van der Waals surface area (Å²) in [6.45, 7) is 1.75. The highest BCUT2D eigenvalue weighted by Crippen LogP contribution is 2.48. The SMILES string of the molecule is COc1ccc([C@H]2CC(=O)C3=C(C2)NC(C)=C(C(=O)OCc2ccccc2)[C@@H]3c2cc([N+](=O)[O-])ccc2Cl)cc1OC. The molecule has 0 saturated heterocycles. The van der Waals surface area contributed by atoms with Crippen molar-refractivity contribution in [1.29, 1.82) is 0 Å². The second-order valence-electron chi connectivity index (χ2n) is 10.2. The smallest absolute Gasteiger partial charge is 0.337 e. The van der Waals surface area contributed by atoms with Gasteiger partial charge in [0.05, 0.1) is 24.7 Å². The minimum Gasteiger partial charge on any atom is -0.493 e. The number of carbonyl (C=O) groups excluding carboxylic acids is 2. The summed E-state index contributed by atoms with van der Waals surface area (Å²) in [5.74, 6) is -0.828. The largest absolute Gasteiger partial charge is 0.493 e. The predicted octanol–water partition coefficient (Wildman–Crippen LogP) is 6.37. The van der Waals surface area contributed by atoms with Crippen molar-refractivity contribution in [2.75, 3.05) is 14.2 Å². The fourth-order valence-corrected chi connectivity index (χ4v) is 5.86. The number of ketones is 1. The van der Waals surface area contributed by atoms with Crippen molar-refractivity contribution in [3.05, 3.63) is 121 Å². The number of ether oxygens (including phenoxy) is 3. The van der Waals surface area contributed by atoms with E-state index in [1.54, 1.807) is 27.2 Å². The van der Waals surface area contributed by atoms with Gasteiger partial charge in [-0.15, -0.1) is 0 Å². The summed E-state index contributed by atoms with van der Waals surface area (Å²) in [6.07, 6.45) is 0.619. The number of allylic oxidation sites excluding steroid dienone is 3. The third-order valence-corrected chi connectivity index (χ3v) is 7.98. The molecule has 0 unspecified atom stereocenters. The van der Waals surface area contributed by atoms with E-state index in [0.29, 0.717) is 40.5 Å². The Morgan fingerprint density at radius 1 is 1.02 bits per heavy atom. The van der Waals surface area contributed by atoms with Crippen LogP contribution in [0.2, 0.25) is 5.02 Å². The number of non-ortho nitro benzene ring substituents is 1. The molecule has 3 aromatic rings. The minimum absolute atomic E-state index is 0.0209. The number of carbonyl (C=O) groups is 2. The molecular formula is C32H29ClN2O7. The van der Waals surface area contributed by atoms with Crippen LogP contribution in [-0.2, 0) is 20.9 Å². The van der Waals surface area contributed by atoms with Crippen LogP contribution in [0.3, 0.4) is 0 Å². The summed E-state index contributed by atoms with van der Waals surface area (Å²) in [4.78, 5) is 38.7. The summed E-state index contributed by atoms with van der Waals surface area (Å²) in [7, 11) is 3.11. The number of Topliss-reactive ketones (excluding diaryl/α,β-unsaturated/α-hetero) is 1. The van der Waals surface area contributed by atoms with Crippen molar-refractivity contribution in [2.45, 2.75) is 38.2 Å². The number of dihydropyridines is 1. The molecule has 3 aromatic carbocycles. The molecule has 0 saturated carbocycles. The summed E-state index contributed by atoms with van der Waals surface area (Å²) in [5.41, 5.74) is 3.45. The standard InChI is InChI=1S/C32H29ClN2O7/c1-18-29(32(37)42-17-19-7-5-4-6-8-19)30(23-16-22(35(38)39)10-11-24(23)33)31-25(34-18)13-21(14-26(31)36)20-9-12-27(40-2)28(15-20)41-3/h4-12,15-16,21,30,34H,13-14,17H2,1-3H3/t21-,30+/m1/s1. The van der Waals surface area contributed by atoms with Crippen molar-refractivity contribution in [3.63, 3.8) is 0 Å². The van der Waals surface area contributed by atoms with Gasteiger partial charge >= 0.3 is 5.97 Å². The van der Waals surface area contributed by atoms with E-state index in [9.17, 15) is 19.7 Å². The molecule has 0 aromatic heterocycles. The van der Waals surface area contributed by atoms with Gasteiger partial charge in [0.2, 0.25) is 0 Å². The van der Waals surface area contributed by atoms with Crippen LogP contribution in [0.15, 0.2) is 89.3 Å². The van der Waals surface area contributed by atoms with Gasteiger partial charge in [-0.2, -0.15) is 0 Å². The van der Waals surface area contributed by atoms with Crippen molar-refractivity contribution in [2.24, 2.45) is 0 Å². The van der Waals surface area contributed by atoms with Gasteiger partial charge in [0.15, 0.2) is 17.3 Å². The number of nitro groups is 1. The normalized spacial score (nSPS) is 18.2. The zero-order valence-corrected chi connectivity index (χ0v) is 24.1. The fourth-order valence-electron chi connectivity index (χ4n) is 5.63. The van der Waals surface area contributed by atoms with Crippen molar-refractivity contribution in [3.8, 4) is 11.5 Å².